The van der Waals surface area contributed by atoms with Crippen LogP contribution in [-0.4, -0.2) is 34.2 Å². The van der Waals surface area contributed by atoms with Crippen LogP contribution in [0, 0.1) is 13.8 Å². The number of hydrogen-bond acceptors (Lipinski definition) is 4. The van der Waals surface area contributed by atoms with Crippen LogP contribution in [0.25, 0.3) is 0 Å². The summed E-state index contributed by atoms with van der Waals surface area (Å²) in [7, 11) is -7.41. The second-order valence-corrected chi connectivity index (χ2v) is 9.66. The van der Waals surface area contributed by atoms with Crippen LogP contribution in [0.4, 0.5) is 5.69 Å². The summed E-state index contributed by atoms with van der Waals surface area (Å²) in [5, 5.41) is 0. The number of rotatable bonds is 7. The van der Waals surface area contributed by atoms with E-state index in [9.17, 15) is 16.8 Å². The molecule has 0 heterocycles. The molecule has 2 aromatic carbocycles. The first-order valence-electron chi connectivity index (χ1n) is 8.31. The molecule has 0 aliphatic heterocycles. The summed E-state index contributed by atoms with van der Waals surface area (Å²) in [4.78, 5) is 0.0849. The maximum atomic E-state index is 12.6. The van der Waals surface area contributed by atoms with Crippen LogP contribution in [0.15, 0.2) is 52.3 Å². The Kier molecular flexibility index (Phi) is 6.10. The van der Waals surface area contributed by atoms with Crippen molar-refractivity contribution in [2.45, 2.75) is 37.5 Å². The van der Waals surface area contributed by atoms with Crippen molar-refractivity contribution in [3.63, 3.8) is 0 Å². The van der Waals surface area contributed by atoms with E-state index in [2.05, 4.69) is 4.72 Å². The average molecular weight is 397 g/mol. The van der Waals surface area contributed by atoms with Gasteiger partial charge < -0.3 is 0 Å². The summed E-state index contributed by atoms with van der Waals surface area (Å²) in [5.41, 5.74) is 2.37. The summed E-state index contributed by atoms with van der Waals surface area (Å²) in [6.07, 6.45) is 0. The van der Waals surface area contributed by atoms with Crippen molar-refractivity contribution in [2.24, 2.45) is 0 Å². The zero-order valence-corrected chi connectivity index (χ0v) is 17.0. The molecule has 0 bridgehead atoms. The first-order valence-corrected chi connectivity index (χ1v) is 11.2. The van der Waals surface area contributed by atoms with E-state index in [0.717, 1.165) is 11.1 Å². The Morgan fingerprint density at radius 3 is 1.73 bits per heavy atom. The lowest BCUT2D eigenvalue weighted by molar-refractivity contribution is 0.445. The zero-order chi connectivity index (χ0) is 19.5. The number of nitrogens with one attached hydrogen (secondary N) is 1. The van der Waals surface area contributed by atoms with E-state index < -0.39 is 20.0 Å². The van der Waals surface area contributed by atoms with E-state index >= 15 is 0 Å². The molecule has 0 unspecified atom stereocenters. The van der Waals surface area contributed by atoms with E-state index in [1.165, 1.54) is 28.6 Å². The molecule has 0 atom stereocenters. The number of sulfonamides is 2. The molecule has 0 amide bonds. The average Bonchev–Trinajstić information content (AvgIpc) is 2.54. The number of hydrogen-bond donors (Lipinski definition) is 1. The molecule has 0 aromatic heterocycles. The highest BCUT2D eigenvalue weighted by Crippen LogP contribution is 2.21. The largest absolute Gasteiger partial charge is 0.280 e. The number of aryl methyl sites for hydroxylation is 2. The van der Waals surface area contributed by atoms with E-state index in [0.29, 0.717) is 18.8 Å². The summed E-state index contributed by atoms with van der Waals surface area (Å²) < 4.78 is 53.9. The van der Waals surface area contributed by atoms with E-state index in [1.54, 1.807) is 26.0 Å². The molecule has 0 spiro atoms. The van der Waals surface area contributed by atoms with Crippen molar-refractivity contribution in [3.05, 3.63) is 53.6 Å². The van der Waals surface area contributed by atoms with Crippen LogP contribution in [0.1, 0.15) is 25.0 Å². The van der Waals surface area contributed by atoms with Gasteiger partial charge in [0.05, 0.1) is 9.79 Å². The molecule has 142 valence electrons. The number of nitrogens with zero attached hydrogens (tertiary/aromatic N) is 1. The van der Waals surface area contributed by atoms with Gasteiger partial charge in [0.1, 0.15) is 0 Å². The highest BCUT2D eigenvalue weighted by Gasteiger charge is 2.22. The number of anilines is 1. The van der Waals surface area contributed by atoms with Gasteiger partial charge in [-0.15, -0.1) is 0 Å². The van der Waals surface area contributed by atoms with Crippen molar-refractivity contribution in [2.75, 3.05) is 17.8 Å². The smallest absolute Gasteiger partial charge is 0.261 e. The van der Waals surface area contributed by atoms with Gasteiger partial charge in [0.25, 0.3) is 10.0 Å². The van der Waals surface area contributed by atoms with Crippen molar-refractivity contribution in [1.29, 1.82) is 0 Å². The van der Waals surface area contributed by atoms with Crippen LogP contribution in [0.2, 0.25) is 0 Å². The van der Waals surface area contributed by atoms with Gasteiger partial charge in [-0.3, -0.25) is 4.72 Å². The standard InChI is InChI=1S/C18H24N2O4S2/c1-5-20(6-2)26(23,24)18-9-7-17(8-10-18)25(21,22)19-16-12-14(3)11-15(4)13-16/h7-13,19H,5-6H2,1-4H3. The van der Waals surface area contributed by atoms with Crippen molar-refractivity contribution in [1.82, 2.24) is 4.31 Å². The fourth-order valence-electron chi connectivity index (χ4n) is 2.75. The monoisotopic (exact) mass is 396 g/mol. The van der Waals surface area contributed by atoms with Gasteiger partial charge >= 0.3 is 0 Å². The second kappa shape index (κ2) is 7.77. The Labute approximate surface area is 156 Å². The van der Waals surface area contributed by atoms with Gasteiger partial charge in [-0.1, -0.05) is 19.9 Å². The molecule has 2 aromatic rings. The topological polar surface area (TPSA) is 83.6 Å². The molecule has 8 heteroatoms. The lowest BCUT2D eigenvalue weighted by Crippen LogP contribution is -2.30. The summed E-state index contributed by atoms with van der Waals surface area (Å²) >= 11 is 0. The molecule has 1 N–H and O–H groups in total. The highest BCUT2D eigenvalue weighted by atomic mass is 32.2. The molecule has 26 heavy (non-hydrogen) atoms. The lowest BCUT2D eigenvalue weighted by Gasteiger charge is -2.18. The van der Waals surface area contributed by atoms with Gasteiger partial charge in [-0.2, -0.15) is 4.31 Å². The molecule has 0 radical (unpaired) electrons. The van der Waals surface area contributed by atoms with E-state index in [-0.39, 0.29) is 9.79 Å². The predicted octanol–water partition coefficient (Wildman–Crippen LogP) is 3.13. The summed E-state index contributed by atoms with van der Waals surface area (Å²) in [6, 6.07) is 10.7. The van der Waals surface area contributed by atoms with Crippen LogP contribution in [-0.2, 0) is 20.0 Å². The first-order chi connectivity index (χ1) is 12.1. The van der Waals surface area contributed by atoms with Crippen LogP contribution in [0.5, 0.6) is 0 Å². The van der Waals surface area contributed by atoms with Gasteiger partial charge in [-0.05, 0) is 61.4 Å². The molecule has 0 saturated carbocycles. The van der Waals surface area contributed by atoms with E-state index in [4.69, 9.17) is 0 Å². The van der Waals surface area contributed by atoms with Gasteiger partial charge in [0, 0.05) is 18.8 Å². The fraction of sp³-hybridized carbons (Fsp3) is 0.333. The van der Waals surface area contributed by atoms with Gasteiger partial charge in [0.15, 0.2) is 0 Å². The zero-order valence-electron chi connectivity index (χ0n) is 15.4. The van der Waals surface area contributed by atoms with Crippen molar-refractivity contribution >= 4 is 25.7 Å². The Morgan fingerprint density at radius 2 is 1.27 bits per heavy atom. The van der Waals surface area contributed by atoms with Crippen LogP contribution in [0.3, 0.4) is 0 Å². The lowest BCUT2D eigenvalue weighted by atomic mass is 10.1. The first kappa shape index (κ1) is 20.4. The Balaban J connectivity index is 2.32. The molecule has 6 nitrogen and oxygen atoms in total. The van der Waals surface area contributed by atoms with Gasteiger partial charge in [0.2, 0.25) is 10.0 Å². The third-order valence-electron chi connectivity index (χ3n) is 3.95. The molecular weight excluding hydrogens is 372 g/mol. The number of benzene rings is 2. The normalized spacial score (nSPS) is 12.3. The Morgan fingerprint density at radius 1 is 0.808 bits per heavy atom. The fourth-order valence-corrected chi connectivity index (χ4v) is 5.25. The third-order valence-corrected chi connectivity index (χ3v) is 7.41. The maximum Gasteiger partial charge on any atom is 0.261 e. The minimum atomic E-state index is -3.80. The second-order valence-electron chi connectivity index (χ2n) is 6.04. The molecular formula is C18H24N2O4S2. The van der Waals surface area contributed by atoms with Crippen LogP contribution >= 0.6 is 0 Å². The Hall–Kier alpha value is -1.90. The molecule has 0 fully saturated rings. The quantitative estimate of drug-likeness (QED) is 0.779. The minimum Gasteiger partial charge on any atom is -0.280 e. The van der Waals surface area contributed by atoms with Crippen molar-refractivity contribution < 1.29 is 16.8 Å². The highest BCUT2D eigenvalue weighted by molar-refractivity contribution is 7.92. The molecule has 0 aliphatic rings. The Bertz CT molecular complexity index is 958. The SMILES string of the molecule is CCN(CC)S(=O)(=O)c1ccc(S(=O)(=O)Nc2cc(C)cc(C)c2)cc1. The summed E-state index contributed by atoms with van der Waals surface area (Å²) in [6.45, 7) is 8.00. The molecule has 2 rings (SSSR count). The molecule has 0 saturated heterocycles. The van der Waals surface area contributed by atoms with E-state index in [1.807, 2.05) is 19.9 Å². The third kappa shape index (κ3) is 4.44. The maximum absolute atomic E-state index is 12.6. The molecule has 0 aliphatic carbocycles. The summed E-state index contributed by atoms with van der Waals surface area (Å²) in [5.74, 6) is 0. The van der Waals surface area contributed by atoms with Crippen LogP contribution < -0.4 is 4.72 Å². The predicted molar refractivity (Wildman–Crippen MR) is 103 cm³/mol. The minimum absolute atomic E-state index is 0.00940. The van der Waals surface area contributed by atoms with Crippen molar-refractivity contribution in [3.8, 4) is 0 Å². The van der Waals surface area contributed by atoms with Gasteiger partial charge in [-0.25, -0.2) is 16.8 Å².